The zero-order chi connectivity index (χ0) is 18.5. The molecule has 1 aliphatic rings. The predicted octanol–water partition coefficient (Wildman–Crippen LogP) is 4.68. The van der Waals surface area contributed by atoms with Gasteiger partial charge in [0.1, 0.15) is 0 Å². The molecule has 0 amide bonds. The van der Waals surface area contributed by atoms with Gasteiger partial charge in [0.05, 0.1) is 14.2 Å². The summed E-state index contributed by atoms with van der Waals surface area (Å²) < 4.78 is 14.2. The van der Waals surface area contributed by atoms with E-state index >= 15 is 0 Å². The van der Waals surface area contributed by atoms with Crippen LogP contribution in [0.2, 0.25) is 0 Å². The number of halogens is 1. The van der Waals surface area contributed by atoms with Crippen LogP contribution in [-0.2, 0) is 12.0 Å². The maximum atomic E-state index is 5.49. The lowest BCUT2D eigenvalue weighted by Crippen LogP contribution is -2.33. The van der Waals surface area contributed by atoms with E-state index < -0.39 is 0 Å². The third-order valence-electron chi connectivity index (χ3n) is 4.84. The van der Waals surface area contributed by atoms with Crippen molar-refractivity contribution in [2.75, 3.05) is 14.2 Å². The number of aromatic nitrogens is 3. The summed E-state index contributed by atoms with van der Waals surface area (Å²) in [7, 11) is 3.31. The Hall–Kier alpha value is -2.34. The van der Waals surface area contributed by atoms with Crippen molar-refractivity contribution in [3.05, 3.63) is 46.4 Å². The van der Waals surface area contributed by atoms with Crippen molar-refractivity contribution < 1.29 is 9.47 Å². The molecule has 0 aliphatic carbocycles. The molecule has 6 heteroatoms. The molecular weight excluding hydrogens is 394 g/mol. The van der Waals surface area contributed by atoms with Gasteiger partial charge in [-0.05, 0) is 50.1 Å². The Balaban J connectivity index is 1.94. The molecular formula is C20H20BrN3O2. The first-order valence-electron chi connectivity index (χ1n) is 8.41. The van der Waals surface area contributed by atoms with Gasteiger partial charge in [0.25, 0.3) is 0 Å². The summed E-state index contributed by atoms with van der Waals surface area (Å²) in [6.07, 6.45) is 0.858. The largest absolute Gasteiger partial charge is 0.493 e. The van der Waals surface area contributed by atoms with E-state index in [1.807, 2.05) is 24.3 Å². The number of fused-ring (bicyclic) bond motifs is 3. The average Bonchev–Trinajstić information content (AvgIpc) is 3.07. The SMILES string of the molecule is COc1cc2c(cc1OC)-c1nnc(-c3ccc(Br)cc3)n1C(C)(C)C2. The lowest BCUT2D eigenvalue weighted by molar-refractivity contribution is 0.341. The summed E-state index contributed by atoms with van der Waals surface area (Å²) in [5, 5.41) is 9.04. The highest BCUT2D eigenvalue weighted by Crippen LogP contribution is 2.44. The molecule has 1 aliphatic heterocycles. The Morgan fingerprint density at radius 1 is 0.962 bits per heavy atom. The van der Waals surface area contributed by atoms with Crippen LogP contribution in [0.1, 0.15) is 19.4 Å². The van der Waals surface area contributed by atoms with Gasteiger partial charge in [0, 0.05) is 21.1 Å². The Kier molecular flexibility index (Phi) is 4.03. The number of hydrogen-bond donors (Lipinski definition) is 0. The maximum absolute atomic E-state index is 5.49. The highest BCUT2D eigenvalue weighted by molar-refractivity contribution is 9.10. The molecule has 2 heterocycles. The predicted molar refractivity (Wildman–Crippen MR) is 105 cm³/mol. The molecule has 0 radical (unpaired) electrons. The van der Waals surface area contributed by atoms with Crippen molar-refractivity contribution >= 4 is 15.9 Å². The normalized spacial score (nSPS) is 14.5. The molecule has 3 aromatic rings. The van der Waals surface area contributed by atoms with Gasteiger partial charge in [0.15, 0.2) is 23.1 Å². The van der Waals surface area contributed by atoms with Gasteiger partial charge in [0.2, 0.25) is 0 Å². The summed E-state index contributed by atoms with van der Waals surface area (Å²) >= 11 is 3.49. The van der Waals surface area contributed by atoms with Crippen LogP contribution >= 0.6 is 15.9 Å². The summed E-state index contributed by atoms with van der Waals surface area (Å²) in [5.74, 6) is 3.17. The van der Waals surface area contributed by atoms with E-state index in [4.69, 9.17) is 9.47 Å². The molecule has 0 bridgehead atoms. The minimum Gasteiger partial charge on any atom is -0.493 e. The lowest BCUT2D eigenvalue weighted by atomic mass is 9.86. The third-order valence-corrected chi connectivity index (χ3v) is 5.37. The molecule has 0 fully saturated rings. The van der Waals surface area contributed by atoms with Gasteiger partial charge < -0.3 is 14.0 Å². The van der Waals surface area contributed by atoms with E-state index in [1.165, 1.54) is 5.56 Å². The van der Waals surface area contributed by atoms with Crippen LogP contribution in [0, 0.1) is 0 Å². The summed E-state index contributed by atoms with van der Waals surface area (Å²) in [6.45, 7) is 4.42. The Bertz CT molecular complexity index is 977. The van der Waals surface area contributed by atoms with Crippen LogP contribution in [0.4, 0.5) is 0 Å². The van der Waals surface area contributed by atoms with E-state index in [0.29, 0.717) is 5.75 Å². The molecule has 2 aromatic carbocycles. The number of methoxy groups -OCH3 is 2. The summed E-state index contributed by atoms with van der Waals surface area (Å²) in [4.78, 5) is 0. The number of ether oxygens (including phenoxy) is 2. The van der Waals surface area contributed by atoms with E-state index in [0.717, 1.165) is 39.4 Å². The quantitative estimate of drug-likeness (QED) is 0.625. The standard InChI is InChI=1S/C20H20BrN3O2/c1-20(2)11-13-9-16(25-3)17(26-4)10-15(13)19-23-22-18(24(19)20)12-5-7-14(21)8-6-12/h5-10H,11H2,1-4H3. The first-order valence-corrected chi connectivity index (χ1v) is 9.21. The first-order chi connectivity index (χ1) is 12.4. The van der Waals surface area contributed by atoms with E-state index in [9.17, 15) is 0 Å². The van der Waals surface area contributed by atoms with Crippen molar-refractivity contribution in [2.45, 2.75) is 25.8 Å². The molecule has 0 N–H and O–H groups in total. The highest BCUT2D eigenvalue weighted by Gasteiger charge is 2.35. The number of hydrogen-bond acceptors (Lipinski definition) is 4. The molecule has 0 spiro atoms. The number of nitrogens with zero attached hydrogens (tertiary/aromatic N) is 3. The van der Waals surface area contributed by atoms with Gasteiger partial charge in [-0.1, -0.05) is 28.1 Å². The van der Waals surface area contributed by atoms with E-state index in [2.05, 4.69) is 56.7 Å². The lowest BCUT2D eigenvalue weighted by Gasteiger charge is -2.35. The summed E-state index contributed by atoms with van der Waals surface area (Å²) in [6, 6.07) is 12.2. The van der Waals surface area contributed by atoms with Gasteiger partial charge in [-0.2, -0.15) is 0 Å². The molecule has 0 atom stereocenters. The molecule has 0 unspecified atom stereocenters. The number of benzene rings is 2. The fraction of sp³-hybridized carbons (Fsp3) is 0.300. The molecule has 0 saturated heterocycles. The monoisotopic (exact) mass is 413 g/mol. The van der Waals surface area contributed by atoms with Crippen molar-refractivity contribution in [3.8, 4) is 34.3 Å². The van der Waals surface area contributed by atoms with Crippen molar-refractivity contribution in [1.29, 1.82) is 0 Å². The molecule has 1 aromatic heterocycles. The molecule has 134 valence electrons. The molecule has 4 rings (SSSR count). The van der Waals surface area contributed by atoms with Crippen LogP contribution < -0.4 is 9.47 Å². The Labute approximate surface area is 161 Å². The summed E-state index contributed by atoms with van der Waals surface area (Å²) in [5.41, 5.74) is 3.12. The average molecular weight is 414 g/mol. The minimum atomic E-state index is -0.159. The Morgan fingerprint density at radius 3 is 2.23 bits per heavy atom. The maximum Gasteiger partial charge on any atom is 0.165 e. The van der Waals surface area contributed by atoms with Crippen molar-refractivity contribution in [2.24, 2.45) is 0 Å². The van der Waals surface area contributed by atoms with Gasteiger partial charge >= 0.3 is 0 Å². The fourth-order valence-electron chi connectivity index (χ4n) is 3.64. The zero-order valence-electron chi connectivity index (χ0n) is 15.2. The van der Waals surface area contributed by atoms with Crippen molar-refractivity contribution in [1.82, 2.24) is 14.8 Å². The topological polar surface area (TPSA) is 49.2 Å². The van der Waals surface area contributed by atoms with Gasteiger partial charge in [-0.25, -0.2) is 0 Å². The molecule has 5 nitrogen and oxygen atoms in total. The van der Waals surface area contributed by atoms with Crippen molar-refractivity contribution in [3.63, 3.8) is 0 Å². The fourth-order valence-corrected chi connectivity index (χ4v) is 3.90. The van der Waals surface area contributed by atoms with E-state index in [-0.39, 0.29) is 5.54 Å². The third kappa shape index (κ3) is 2.60. The zero-order valence-corrected chi connectivity index (χ0v) is 16.8. The van der Waals surface area contributed by atoms with Gasteiger partial charge in [-0.15, -0.1) is 10.2 Å². The van der Waals surface area contributed by atoms with Crippen LogP contribution in [0.15, 0.2) is 40.9 Å². The highest BCUT2D eigenvalue weighted by atomic mass is 79.9. The number of rotatable bonds is 3. The first kappa shape index (κ1) is 17.1. The second-order valence-corrected chi connectivity index (χ2v) is 7.96. The minimum absolute atomic E-state index is 0.159. The van der Waals surface area contributed by atoms with Gasteiger partial charge in [-0.3, -0.25) is 0 Å². The van der Waals surface area contributed by atoms with Crippen LogP contribution in [0.25, 0.3) is 22.8 Å². The van der Waals surface area contributed by atoms with Crippen LogP contribution in [0.5, 0.6) is 11.5 Å². The Morgan fingerprint density at radius 2 is 1.58 bits per heavy atom. The van der Waals surface area contributed by atoms with E-state index in [1.54, 1.807) is 14.2 Å². The van der Waals surface area contributed by atoms with Crippen LogP contribution in [0.3, 0.4) is 0 Å². The second kappa shape index (κ2) is 6.13. The van der Waals surface area contributed by atoms with Crippen LogP contribution in [-0.4, -0.2) is 29.0 Å². The molecule has 0 saturated carbocycles. The smallest absolute Gasteiger partial charge is 0.165 e. The molecule has 26 heavy (non-hydrogen) atoms. The second-order valence-electron chi connectivity index (χ2n) is 7.04.